The Bertz CT molecular complexity index is 2600. The third-order valence-corrected chi connectivity index (χ3v) is 8.97. The van der Waals surface area contributed by atoms with E-state index in [2.05, 4.69) is 146 Å². The molecule has 0 amide bonds. The molecule has 4 nitrogen and oxygen atoms in total. The minimum atomic E-state index is 0.630. The van der Waals surface area contributed by atoms with Crippen molar-refractivity contribution >= 4 is 32.7 Å². The van der Waals surface area contributed by atoms with E-state index in [9.17, 15) is 0 Å². The zero-order valence-corrected chi connectivity index (χ0v) is 26.3. The zero-order valence-electron chi connectivity index (χ0n) is 26.3. The van der Waals surface area contributed by atoms with Gasteiger partial charge in [-0.2, -0.15) is 0 Å². The lowest BCUT2D eigenvalue weighted by Crippen LogP contribution is -2.00. The molecule has 0 aliphatic carbocycles. The van der Waals surface area contributed by atoms with Gasteiger partial charge >= 0.3 is 0 Å². The normalized spacial score (nSPS) is 11.4. The molecule has 0 saturated carbocycles. The molecule has 4 heteroatoms. The SMILES string of the molecule is Cc1cc(-c2ccc(-c3nc(-c4ccc(-c5ccccc5)cc4)nc(-c4ccc5ccccc5c4)n3)cc2)c2c(c1)oc1ccccc12. The van der Waals surface area contributed by atoms with Crippen LogP contribution in [0.15, 0.2) is 162 Å². The van der Waals surface area contributed by atoms with Gasteiger partial charge in [-0.1, -0.05) is 140 Å². The molecule has 2 aromatic heterocycles. The Balaban J connectivity index is 1.16. The van der Waals surface area contributed by atoms with Gasteiger partial charge in [0.25, 0.3) is 0 Å². The summed E-state index contributed by atoms with van der Waals surface area (Å²) in [5.41, 5.74) is 10.3. The van der Waals surface area contributed by atoms with Crippen molar-refractivity contribution in [2.24, 2.45) is 0 Å². The molecular formula is C44H29N3O. The summed E-state index contributed by atoms with van der Waals surface area (Å²) in [7, 11) is 0. The number of rotatable bonds is 5. The lowest BCUT2D eigenvalue weighted by atomic mass is 9.96. The number of hydrogen-bond acceptors (Lipinski definition) is 4. The van der Waals surface area contributed by atoms with E-state index in [-0.39, 0.29) is 0 Å². The summed E-state index contributed by atoms with van der Waals surface area (Å²) in [5.74, 6) is 1.91. The maximum atomic E-state index is 6.23. The molecule has 0 aliphatic rings. The molecule has 7 aromatic carbocycles. The van der Waals surface area contributed by atoms with E-state index in [1.165, 1.54) is 10.9 Å². The molecule has 226 valence electrons. The van der Waals surface area contributed by atoms with E-state index in [4.69, 9.17) is 19.4 Å². The second-order valence-electron chi connectivity index (χ2n) is 12.2. The quantitative estimate of drug-likeness (QED) is 0.193. The average Bonchev–Trinajstić information content (AvgIpc) is 3.53. The number of aryl methyl sites for hydroxylation is 1. The lowest BCUT2D eigenvalue weighted by Gasteiger charge is -2.11. The van der Waals surface area contributed by atoms with Gasteiger partial charge in [-0.3, -0.25) is 0 Å². The topological polar surface area (TPSA) is 51.8 Å². The van der Waals surface area contributed by atoms with Gasteiger partial charge in [-0.25, -0.2) is 15.0 Å². The Kier molecular flexibility index (Phi) is 6.65. The van der Waals surface area contributed by atoms with E-state index >= 15 is 0 Å². The Morgan fingerprint density at radius 1 is 0.396 bits per heavy atom. The second kappa shape index (κ2) is 11.4. The van der Waals surface area contributed by atoms with Crippen LogP contribution in [-0.4, -0.2) is 15.0 Å². The number of para-hydroxylation sites is 1. The van der Waals surface area contributed by atoms with Gasteiger partial charge in [-0.15, -0.1) is 0 Å². The van der Waals surface area contributed by atoms with Crippen molar-refractivity contribution in [2.45, 2.75) is 6.92 Å². The maximum absolute atomic E-state index is 6.23. The maximum Gasteiger partial charge on any atom is 0.164 e. The Morgan fingerprint density at radius 2 is 0.938 bits per heavy atom. The van der Waals surface area contributed by atoms with Crippen LogP contribution in [0.1, 0.15) is 5.56 Å². The van der Waals surface area contributed by atoms with E-state index in [1.807, 2.05) is 18.2 Å². The molecule has 9 rings (SSSR count). The predicted octanol–water partition coefficient (Wildman–Crippen LogP) is 11.6. The van der Waals surface area contributed by atoms with Gasteiger partial charge in [0, 0.05) is 27.5 Å². The zero-order chi connectivity index (χ0) is 32.0. The average molecular weight is 616 g/mol. The van der Waals surface area contributed by atoms with Crippen LogP contribution >= 0.6 is 0 Å². The summed E-state index contributed by atoms with van der Waals surface area (Å²) in [6, 6.07) is 54.6. The van der Waals surface area contributed by atoms with Crippen LogP contribution in [-0.2, 0) is 0 Å². The molecule has 0 spiro atoms. The van der Waals surface area contributed by atoms with Crippen molar-refractivity contribution in [1.29, 1.82) is 0 Å². The van der Waals surface area contributed by atoms with Crippen molar-refractivity contribution in [3.8, 4) is 56.4 Å². The van der Waals surface area contributed by atoms with E-state index in [1.54, 1.807) is 0 Å². The van der Waals surface area contributed by atoms with Crippen LogP contribution in [0.25, 0.3) is 89.1 Å². The third kappa shape index (κ3) is 5.01. The van der Waals surface area contributed by atoms with E-state index in [0.29, 0.717) is 17.5 Å². The highest BCUT2D eigenvalue weighted by molar-refractivity contribution is 6.12. The highest BCUT2D eigenvalue weighted by Crippen LogP contribution is 2.38. The number of furan rings is 1. The molecule has 0 radical (unpaired) electrons. The standard InChI is InChI=1S/C44H29N3O/c1-28-25-38(41-37-13-7-8-14-39(37)48-40(41)26-28)32-18-22-34(23-19-32)43-45-42(33-20-15-31(16-21-33)29-9-3-2-4-10-29)46-44(47-43)36-24-17-30-11-5-6-12-35(30)27-36/h2-27H,1H3. The van der Waals surface area contributed by atoms with Crippen LogP contribution in [0.4, 0.5) is 0 Å². The minimum Gasteiger partial charge on any atom is -0.456 e. The van der Waals surface area contributed by atoms with E-state index in [0.717, 1.165) is 66.3 Å². The number of hydrogen-bond donors (Lipinski definition) is 0. The molecule has 0 aliphatic heterocycles. The van der Waals surface area contributed by atoms with Crippen LogP contribution < -0.4 is 0 Å². The monoisotopic (exact) mass is 615 g/mol. The molecule has 2 heterocycles. The fourth-order valence-corrected chi connectivity index (χ4v) is 6.55. The van der Waals surface area contributed by atoms with Crippen LogP contribution in [0, 0.1) is 6.92 Å². The molecule has 0 unspecified atom stereocenters. The van der Waals surface area contributed by atoms with Gasteiger partial charge in [0.15, 0.2) is 17.5 Å². The third-order valence-electron chi connectivity index (χ3n) is 8.97. The first-order valence-electron chi connectivity index (χ1n) is 16.1. The van der Waals surface area contributed by atoms with Crippen molar-refractivity contribution in [3.05, 3.63) is 163 Å². The number of aromatic nitrogens is 3. The summed E-state index contributed by atoms with van der Waals surface area (Å²) in [5, 5.41) is 4.57. The highest BCUT2D eigenvalue weighted by Gasteiger charge is 2.16. The molecule has 0 atom stereocenters. The molecule has 9 aromatic rings. The summed E-state index contributed by atoms with van der Waals surface area (Å²) in [6.45, 7) is 2.11. The predicted molar refractivity (Wildman–Crippen MR) is 197 cm³/mol. The smallest absolute Gasteiger partial charge is 0.164 e. The first-order chi connectivity index (χ1) is 23.7. The molecule has 0 fully saturated rings. The number of nitrogens with zero attached hydrogens (tertiary/aromatic N) is 3. The van der Waals surface area contributed by atoms with Crippen LogP contribution in [0.2, 0.25) is 0 Å². The van der Waals surface area contributed by atoms with Crippen LogP contribution in [0.3, 0.4) is 0 Å². The lowest BCUT2D eigenvalue weighted by molar-refractivity contribution is 0.668. The molecule has 48 heavy (non-hydrogen) atoms. The summed E-state index contributed by atoms with van der Waals surface area (Å²) in [6.07, 6.45) is 0. The molecular weight excluding hydrogens is 587 g/mol. The van der Waals surface area contributed by atoms with Gasteiger partial charge in [0.05, 0.1) is 0 Å². The summed E-state index contributed by atoms with van der Waals surface area (Å²) >= 11 is 0. The molecule has 0 saturated heterocycles. The fraction of sp³-hybridized carbons (Fsp3) is 0.0227. The van der Waals surface area contributed by atoms with Crippen molar-refractivity contribution in [3.63, 3.8) is 0 Å². The summed E-state index contributed by atoms with van der Waals surface area (Å²) < 4.78 is 6.23. The molecule has 0 bridgehead atoms. The minimum absolute atomic E-state index is 0.630. The van der Waals surface area contributed by atoms with Gasteiger partial charge < -0.3 is 4.42 Å². The van der Waals surface area contributed by atoms with Gasteiger partial charge in [-0.05, 0) is 63.7 Å². The van der Waals surface area contributed by atoms with Crippen molar-refractivity contribution < 1.29 is 4.42 Å². The fourth-order valence-electron chi connectivity index (χ4n) is 6.55. The van der Waals surface area contributed by atoms with Crippen molar-refractivity contribution in [1.82, 2.24) is 15.0 Å². The first-order valence-corrected chi connectivity index (χ1v) is 16.1. The first kappa shape index (κ1) is 27.9. The van der Waals surface area contributed by atoms with Gasteiger partial charge in [0.2, 0.25) is 0 Å². The summed E-state index contributed by atoms with van der Waals surface area (Å²) in [4.78, 5) is 15.1. The number of benzene rings is 7. The van der Waals surface area contributed by atoms with Crippen molar-refractivity contribution in [2.75, 3.05) is 0 Å². The Morgan fingerprint density at radius 3 is 1.67 bits per heavy atom. The highest BCUT2D eigenvalue weighted by atomic mass is 16.3. The number of fused-ring (bicyclic) bond motifs is 4. The largest absolute Gasteiger partial charge is 0.456 e. The van der Waals surface area contributed by atoms with E-state index < -0.39 is 0 Å². The van der Waals surface area contributed by atoms with Gasteiger partial charge in [0.1, 0.15) is 11.2 Å². The Labute approximate surface area is 278 Å². The molecule has 0 N–H and O–H groups in total. The Hall–Kier alpha value is -6.39. The van der Waals surface area contributed by atoms with Crippen LogP contribution in [0.5, 0.6) is 0 Å². The second-order valence-corrected chi connectivity index (χ2v) is 12.2.